The summed E-state index contributed by atoms with van der Waals surface area (Å²) in [5, 5.41) is 11.1. The molecule has 1 saturated heterocycles. The largest absolute Gasteiger partial charge is 0.481 e. The van der Waals surface area contributed by atoms with Crippen LogP contribution in [0, 0.1) is 0 Å². The van der Waals surface area contributed by atoms with Crippen molar-refractivity contribution in [2.24, 2.45) is 0 Å². The first kappa shape index (κ1) is 13.3. The Labute approximate surface area is 98.9 Å². The minimum absolute atomic E-state index is 0.0344. The van der Waals surface area contributed by atoms with Crippen LogP contribution in [-0.4, -0.2) is 47.7 Å². The molecular formula is C10H17NO4S. The van der Waals surface area contributed by atoms with Gasteiger partial charge in [-0.05, 0) is 19.3 Å². The number of carboxylic acid groups (broad SMARTS) is 1. The zero-order valence-electron chi connectivity index (χ0n) is 9.11. The monoisotopic (exact) mass is 247 g/mol. The molecule has 92 valence electrons. The smallest absolute Gasteiger partial charge is 0.313 e. The lowest BCUT2D eigenvalue weighted by Gasteiger charge is -2.22. The Kier molecular flexibility index (Phi) is 6.25. The molecule has 1 aliphatic rings. The summed E-state index contributed by atoms with van der Waals surface area (Å²) in [6.45, 7) is 1.31. The number of carbonyl (C=O) groups is 2. The summed E-state index contributed by atoms with van der Waals surface area (Å²) in [7, 11) is 0. The van der Waals surface area contributed by atoms with E-state index in [2.05, 4.69) is 5.32 Å². The summed E-state index contributed by atoms with van der Waals surface area (Å²) in [6.07, 6.45) is 3.36. The van der Waals surface area contributed by atoms with E-state index in [0.717, 1.165) is 37.6 Å². The van der Waals surface area contributed by atoms with Crippen LogP contribution < -0.4 is 5.32 Å². The van der Waals surface area contributed by atoms with Crippen LogP contribution in [0.15, 0.2) is 0 Å². The molecule has 1 heterocycles. The number of amides is 1. The topological polar surface area (TPSA) is 75.6 Å². The number of ether oxygens (including phenoxy) is 1. The molecule has 16 heavy (non-hydrogen) atoms. The van der Waals surface area contributed by atoms with Crippen molar-refractivity contribution in [3.63, 3.8) is 0 Å². The van der Waals surface area contributed by atoms with Crippen molar-refractivity contribution >= 4 is 23.6 Å². The molecule has 1 rings (SSSR count). The summed E-state index contributed by atoms with van der Waals surface area (Å²) in [6, 6.07) is 0. The number of nitrogens with one attached hydrogen (secondary N) is 1. The molecule has 1 unspecified atom stereocenters. The molecule has 5 nitrogen and oxygen atoms in total. The summed E-state index contributed by atoms with van der Waals surface area (Å²) in [5.41, 5.74) is 0. The maximum absolute atomic E-state index is 11.3. The van der Waals surface area contributed by atoms with Crippen LogP contribution in [0.2, 0.25) is 0 Å². The fourth-order valence-electron chi connectivity index (χ4n) is 1.48. The zero-order chi connectivity index (χ0) is 11.8. The van der Waals surface area contributed by atoms with Crippen LogP contribution in [0.3, 0.4) is 0 Å². The first-order chi connectivity index (χ1) is 7.68. The van der Waals surface area contributed by atoms with E-state index in [1.165, 1.54) is 0 Å². The van der Waals surface area contributed by atoms with Gasteiger partial charge in [-0.3, -0.25) is 9.59 Å². The predicted octanol–water partition coefficient (Wildman–Crippen LogP) is 0.489. The van der Waals surface area contributed by atoms with Crippen molar-refractivity contribution in [3.05, 3.63) is 0 Å². The Bertz CT molecular complexity index is 241. The molecule has 1 aliphatic heterocycles. The highest BCUT2D eigenvalue weighted by molar-refractivity contribution is 8.00. The molecule has 0 saturated carbocycles. The van der Waals surface area contributed by atoms with E-state index in [9.17, 15) is 9.59 Å². The molecule has 0 aliphatic carbocycles. The third-order valence-corrected chi connectivity index (χ3v) is 3.18. The van der Waals surface area contributed by atoms with Gasteiger partial charge < -0.3 is 15.2 Å². The number of hydrogen-bond donors (Lipinski definition) is 2. The number of carbonyl (C=O) groups excluding carboxylic acids is 1. The summed E-state index contributed by atoms with van der Waals surface area (Å²) >= 11 is 1.10. The average Bonchev–Trinajstić information content (AvgIpc) is 2.27. The molecule has 1 fully saturated rings. The first-order valence-corrected chi connectivity index (χ1v) is 6.52. The van der Waals surface area contributed by atoms with Crippen LogP contribution in [0.25, 0.3) is 0 Å². The van der Waals surface area contributed by atoms with E-state index in [1.54, 1.807) is 0 Å². The van der Waals surface area contributed by atoms with E-state index >= 15 is 0 Å². The van der Waals surface area contributed by atoms with Crippen molar-refractivity contribution < 1.29 is 19.4 Å². The SMILES string of the molecule is O=C(O)CSCC(=O)NCC1CCCCO1. The Hall–Kier alpha value is -0.750. The quantitative estimate of drug-likeness (QED) is 0.714. The molecule has 1 atom stereocenters. The Morgan fingerprint density at radius 1 is 1.38 bits per heavy atom. The molecule has 0 bridgehead atoms. The molecular weight excluding hydrogens is 230 g/mol. The minimum atomic E-state index is -0.895. The summed E-state index contributed by atoms with van der Waals surface area (Å²) in [5.74, 6) is -0.860. The average molecular weight is 247 g/mol. The van der Waals surface area contributed by atoms with Crippen LogP contribution in [0.5, 0.6) is 0 Å². The lowest BCUT2D eigenvalue weighted by molar-refractivity contribution is -0.133. The van der Waals surface area contributed by atoms with Gasteiger partial charge in [0.2, 0.25) is 5.91 Å². The van der Waals surface area contributed by atoms with Gasteiger partial charge in [-0.25, -0.2) is 0 Å². The predicted molar refractivity (Wildman–Crippen MR) is 61.6 cm³/mol. The number of thioether (sulfide) groups is 1. The van der Waals surface area contributed by atoms with Gasteiger partial charge in [-0.15, -0.1) is 11.8 Å². The standard InChI is InChI=1S/C10H17NO4S/c12-9(6-16-7-10(13)14)11-5-8-3-1-2-4-15-8/h8H,1-7H2,(H,11,12)(H,13,14). The van der Waals surface area contributed by atoms with Gasteiger partial charge >= 0.3 is 5.97 Å². The normalized spacial score (nSPS) is 20.4. The zero-order valence-corrected chi connectivity index (χ0v) is 9.92. The number of rotatable bonds is 6. The van der Waals surface area contributed by atoms with Gasteiger partial charge in [0.05, 0.1) is 17.6 Å². The van der Waals surface area contributed by atoms with Gasteiger partial charge in [0.1, 0.15) is 0 Å². The van der Waals surface area contributed by atoms with Gasteiger partial charge in [0.15, 0.2) is 0 Å². The molecule has 6 heteroatoms. The lowest BCUT2D eigenvalue weighted by Crippen LogP contribution is -2.36. The maximum atomic E-state index is 11.3. The van der Waals surface area contributed by atoms with Crippen molar-refractivity contribution in [2.45, 2.75) is 25.4 Å². The second kappa shape index (κ2) is 7.51. The van der Waals surface area contributed by atoms with Crippen LogP contribution >= 0.6 is 11.8 Å². The highest BCUT2D eigenvalue weighted by Crippen LogP contribution is 2.11. The van der Waals surface area contributed by atoms with E-state index in [-0.39, 0.29) is 23.5 Å². The third-order valence-electron chi connectivity index (χ3n) is 2.26. The maximum Gasteiger partial charge on any atom is 0.313 e. The first-order valence-electron chi connectivity index (χ1n) is 5.36. The van der Waals surface area contributed by atoms with Crippen LogP contribution in [0.1, 0.15) is 19.3 Å². The molecule has 2 N–H and O–H groups in total. The highest BCUT2D eigenvalue weighted by atomic mass is 32.2. The fourth-order valence-corrected chi connectivity index (χ4v) is 2.04. The minimum Gasteiger partial charge on any atom is -0.481 e. The third kappa shape index (κ3) is 5.97. The van der Waals surface area contributed by atoms with Gasteiger partial charge in [0, 0.05) is 13.2 Å². The number of hydrogen-bond acceptors (Lipinski definition) is 4. The summed E-state index contributed by atoms with van der Waals surface area (Å²) < 4.78 is 5.46. The second-order valence-electron chi connectivity index (χ2n) is 3.68. The Morgan fingerprint density at radius 3 is 2.81 bits per heavy atom. The van der Waals surface area contributed by atoms with Crippen molar-refractivity contribution in [1.82, 2.24) is 5.32 Å². The van der Waals surface area contributed by atoms with E-state index in [1.807, 2.05) is 0 Å². The Morgan fingerprint density at radius 2 is 2.19 bits per heavy atom. The number of aliphatic carboxylic acids is 1. The molecule has 1 amide bonds. The van der Waals surface area contributed by atoms with E-state index in [4.69, 9.17) is 9.84 Å². The van der Waals surface area contributed by atoms with Gasteiger partial charge in [-0.1, -0.05) is 0 Å². The fraction of sp³-hybridized carbons (Fsp3) is 0.800. The van der Waals surface area contributed by atoms with Crippen molar-refractivity contribution in [1.29, 1.82) is 0 Å². The van der Waals surface area contributed by atoms with Crippen LogP contribution in [0.4, 0.5) is 0 Å². The molecule has 0 radical (unpaired) electrons. The van der Waals surface area contributed by atoms with Crippen LogP contribution in [-0.2, 0) is 14.3 Å². The number of carboxylic acids is 1. The molecule has 0 spiro atoms. The Balaban J connectivity index is 2.02. The summed E-state index contributed by atoms with van der Waals surface area (Å²) in [4.78, 5) is 21.5. The second-order valence-corrected chi connectivity index (χ2v) is 4.66. The van der Waals surface area contributed by atoms with Crippen molar-refractivity contribution in [2.75, 3.05) is 24.7 Å². The molecule has 0 aromatic heterocycles. The van der Waals surface area contributed by atoms with Gasteiger partial charge in [0.25, 0.3) is 0 Å². The highest BCUT2D eigenvalue weighted by Gasteiger charge is 2.14. The lowest BCUT2D eigenvalue weighted by atomic mass is 10.1. The molecule has 0 aromatic rings. The molecule has 0 aromatic carbocycles. The van der Waals surface area contributed by atoms with Crippen molar-refractivity contribution in [3.8, 4) is 0 Å². The van der Waals surface area contributed by atoms with E-state index < -0.39 is 5.97 Å². The van der Waals surface area contributed by atoms with E-state index in [0.29, 0.717) is 6.54 Å². The van der Waals surface area contributed by atoms with Gasteiger partial charge in [-0.2, -0.15) is 0 Å².